The summed E-state index contributed by atoms with van der Waals surface area (Å²) in [6.07, 6.45) is 1.69. The van der Waals surface area contributed by atoms with Gasteiger partial charge in [0.25, 0.3) is 0 Å². The molecule has 106 valence electrons. The average molecular weight is 263 g/mol. The first-order valence-electron chi connectivity index (χ1n) is 6.77. The van der Waals surface area contributed by atoms with Crippen molar-refractivity contribution in [2.45, 2.75) is 39.7 Å². The maximum absolute atomic E-state index is 11.8. The molecule has 1 atom stereocenters. The zero-order valence-corrected chi connectivity index (χ0v) is 12.4. The fourth-order valence-corrected chi connectivity index (χ4v) is 1.85. The van der Waals surface area contributed by atoms with Crippen LogP contribution in [0.1, 0.15) is 32.8 Å². The van der Waals surface area contributed by atoms with Crippen LogP contribution < -0.4 is 5.32 Å². The molecule has 1 aromatic carbocycles. The summed E-state index contributed by atoms with van der Waals surface area (Å²) in [4.78, 5) is 11.8. The molecule has 0 aliphatic rings. The number of benzene rings is 1. The maximum Gasteiger partial charge on any atom is 0.323 e. The van der Waals surface area contributed by atoms with Crippen LogP contribution in [0.25, 0.3) is 0 Å². The average Bonchev–Trinajstić information content (AvgIpc) is 2.36. The first-order chi connectivity index (χ1) is 8.92. The molecule has 3 nitrogen and oxygen atoms in total. The summed E-state index contributed by atoms with van der Waals surface area (Å²) in [6, 6.07) is 9.74. The fraction of sp³-hybridized carbons (Fsp3) is 0.562. The molecule has 0 aromatic heterocycles. The van der Waals surface area contributed by atoms with Gasteiger partial charge in [0, 0.05) is 0 Å². The Kier molecular flexibility index (Phi) is 6.03. The number of hydrogen-bond donors (Lipinski definition) is 1. The lowest BCUT2D eigenvalue weighted by atomic mass is 9.92. The number of nitrogens with one attached hydrogen (secondary N) is 1. The lowest BCUT2D eigenvalue weighted by Crippen LogP contribution is -2.40. The first-order valence-corrected chi connectivity index (χ1v) is 6.77. The topological polar surface area (TPSA) is 38.3 Å². The van der Waals surface area contributed by atoms with E-state index in [0.29, 0.717) is 6.42 Å². The molecule has 0 saturated heterocycles. The van der Waals surface area contributed by atoms with Crippen LogP contribution in [0.15, 0.2) is 30.3 Å². The Morgan fingerprint density at radius 2 is 1.89 bits per heavy atom. The van der Waals surface area contributed by atoms with E-state index >= 15 is 0 Å². The van der Waals surface area contributed by atoms with E-state index in [0.717, 1.165) is 18.5 Å². The van der Waals surface area contributed by atoms with E-state index in [1.54, 1.807) is 0 Å². The molecule has 0 amide bonds. The van der Waals surface area contributed by atoms with Crippen LogP contribution >= 0.6 is 0 Å². The van der Waals surface area contributed by atoms with Gasteiger partial charge in [-0.15, -0.1) is 0 Å². The summed E-state index contributed by atoms with van der Waals surface area (Å²) >= 11 is 0. The molecule has 0 bridgehead atoms. The number of ether oxygens (including phenoxy) is 1. The second-order valence-electron chi connectivity index (χ2n) is 6.03. The highest BCUT2D eigenvalue weighted by atomic mass is 16.5. The van der Waals surface area contributed by atoms with Crippen LogP contribution in [-0.2, 0) is 16.0 Å². The molecule has 19 heavy (non-hydrogen) atoms. The molecule has 0 aliphatic carbocycles. The molecule has 1 N–H and O–H groups in total. The zero-order chi connectivity index (χ0) is 14.3. The monoisotopic (exact) mass is 263 g/mol. The second-order valence-corrected chi connectivity index (χ2v) is 6.03. The Morgan fingerprint density at radius 1 is 1.26 bits per heavy atom. The van der Waals surface area contributed by atoms with Gasteiger partial charge in [0.05, 0.1) is 7.11 Å². The quantitative estimate of drug-likeness (QED) is 0.802. The van der Waals surface area contributed by atoms with E-state index in [1.807, 2.05) is 30.3 Å². The Hall–Kier alpha value is -1.35. The number of methoxy groups -OCH3 is 1. The lowest BCUT2D eigenvalue weighted by Gasteiger charge is -2.21. The molecular formula is C16H25NO2. The molecule has 0 spiro atoms. The first kappa shape index (κ1) is 15.7. The van der Waals surface area contributed by atoms with Crippen molar-refractivity contribution < 1.29 is 9.53 Å². The molecule has 1 rings (SSSR count). The molecule has 0 radical (unpaired) electrons. The third-order valence-electron chi connectivity index (χ3n) is 3.03. The van der Waals surface area contributed by atoms with Gasteiger partial charge >= 0.3 is 5.97 Å². The predicted molar refractivity (Wildman–Crippen MR) is 78.0 cm³/mol. The van der Waals surface area contributed by atoms with Gasteiger partial charge in [-0.1, -0.05) is 51.1 Å². The minimum Gasteiger partial charge on any atom is -0.468 e. The van der Waals surface area contributed by atoms with Gasteiger partial charge in [-0.2, -0.15) is 0 Å². The van der Waals surface area contributed by atoms with Crippen molar-refractivity contribution in [2.24, 2.45) is 5.41 Å². The van der Waals surface area contributed by atoms with Gasteiger partial charge in [-0.25, -0.2) is 0 Å². The van der Waals surface area contributed by atoms with Crippen molar-refractivity contribution >= 4 is 5.97 Å². The number of carbonyl (C=O) groups is 1. The largest absolute Gasteiger partial charge is 0.468 e. The van der Waals surface area contributed by atoms with Crippen LogP contribution in [0.2, 0.25) is 0 Å². The van der Waals surface area contributed by atoms with Gasteiger partial charge in [-0.3, -0.25) is 4.79 Å². The summed E-state index contributed by atoms with van der Waals surface area (Å²) in [5.41, 5.74) is 1.40. The van der Waals surface area contributed by atoms with Gasteiger partial charge in [0.2, 0.25) is 0 Å². The maximum atomic E-state index is 11.8. The number of esters is 1. The third kappa shape index (κ3) is 6.39. The highest BCUT2D eigenvalue weighted by Crippen LogP contribution is 2.17. The molecule has 0 saturated carbocycles. The van der Waals surface area contributed by atoms with Crippen molar-refractivity contribution in [3.05, 3.63) is 35.9 Å². The number of rotatable bonds is 6. The van der Waals surface area contributed by atoms with Crippen LogP contribution in [0.5, 0.6) is 0 Å². The normalized spacial score (nSPS) is 13.1. The molecule has 0 unspecified atom stereocenters. The molecule has 3 heteroatoms. The zero-order valence-electron chi connectivity index (χ0n) is 12.4. The summed E-state index contributed by atoms with van der Waals surface area (Å²) in [5, 5.41) is 3.30. The van der Waals surface area contributed by atoms with Crippen molar-refractivity contribution in [3.8, 4) is 0 Å². The lowest BCUT2D eigenvalue weighted by molar-refractivity contribution is -0.143. The van der Waals surface area contributed by atoms with Crippen molar-refractivity contribution in [3.63, 3.8) is 0 Å². The van der Waals surface area contributed by atoms with E-state index in [1.165, 1.54) is 7.11 Å². The minimum atomic E-state index is -0.269. The number of hydrogen-bond acceptors (Lipinski definition) is 3. The van der Waals surface area contributed by atoms with E-state index in [2.05, 4.69) is 26.1 Å². The Bertz CT molecular complexity index is 381. The molecule has 0 fully saturated rings. The highest BCUT2D eigenvalue weighted by Gasteiger charge is 2.20. The molecule has 1 aromatic rings. The third-order valence-corrected chi connectivity index (χ3v) is 3.03. The van der Waals surface area contributed by atoms with Gasteiger partial charge in [-0.05, 0) is 30.4 Å². The van der Waals surface area contributed by atoms with Gasteiger partial charge < -0.3 is 10.1 Å². The van der Waals surface area contributed by atoms with Crippen LogP contribution in [-0.4, -0.2) is 25.7 Å². The summed E-state index contributed by atoms with van der Waals surface area (Å²) in [7, 11) is 1.44. The summed E-state index contributed by atoms with van der Waals surface area (Å²) < 4.78 is 4.87. The highest BCUT2D eigenvalue weighted by molar-refractivity contribution is 5.76. The Labute approximate surface area is 116 Å². The Morgan fingerprint density at radius 3 is 2.42 bits per heavy atom. The molecule has 0 aliphatic heterocycles. The second kappa shape index (κ2) is 7.29. The SMILES string of the molecule is COC(=O)[C@H](Cc1ccccc1)NCCC(C)(C)C. The van der Waals surface area contributed by atoms with E-state index in [4.69, 9.17) is 4.74 Å². The van der Waals surface area contributed by atoms with Crippen LogP contribution in [0, 0.1) is 5.41 Å². The van der Waals surface area contributed by atoms with Crippen molar-refractivity contribution in [2.75, 3.05) is 13.7 Å². The van der Waals surface area contributed by atoms with Crippen molar-refractivity contribution in [1.82, 2.24) is 5.32 Å². The predicted octanol–water partition coefficient (Wildman–Crippen LogP) is 2.80. The smallest absolute Gasteiger partial charge is 0.323 e. The standard InChI is InChI=1S/C16H25NO2/c1-16(2,3)10-11-17-14(15(18)19-4)12-13-8-6-5-7-9-13/h5-9,14,17H,10-12H2,1-4H3/t14-/m0/s1. The molecular weight excluding hydrogens is 238 g/mol. The van der Waals surface area contributed by atoms with E-state index in [9.17, 15) is 4.79 Å². The summed E-state index contributed by atoms with van der Waals surface area (Å²) in [5.74, 6) is -0.197. The van der Waals surface area contributed by atoms with E-state index in [-0.39, 0.29) is 17.4 Å². The van der Waals surface area contributed by atoms with Crippen LogP contribution in [0.3, 0.4) is 0 Å². The van der Waals surface area contributed by atoms with E-state index < -0.39 is 0 Å². The van der Waals surface area contributed by atoms with Crippen molar-refractivity contribution in [1.29, 1.82) is 0 Å². The summed E-state index contributed by atoms with van der Waals surface area (Å²) in [6.45, 7) is 7.40. The van der Waals surface area contributed by atoms with Gasteiger partial charge in [0.15, 0.2) is 0 Å². The van der Waals surface area contributed by atoms with Gasteiger partial charge in [0.1, 0.15) is 6.04 Å². The molecule has 0 heterocycles. The number of carbonyl (C=O) groups excluding carboxylic acids is 1. The van der Waals surface area contributed by atoms with Crippen LogP contribution in [0.4, 0.5) is 0 Å². The Balaban J connectivity index is 2.55. The fourth-order valence-electron chi connectivity index (χ4n) is 1.85. The minimum absolute atomic E-state index is 0.197.